The minimum Gasteiger partial charge on any atom is -0.392 e. The molecule has 1 aromatic carbocycles. The first-order valence-electron chi connectivity index (χ1n) is 5.42. The third kappa shape index (κ3) is 2.85. The van der Waals surface area contributed by atoms with E-state index in [1.165, 1.54) is 24.4 Å². The predicted octanol–water partition coefficient (Wildman–Crippen LogP) is 2.55. The molecule has 0 saturated heterocycles. The van der Waals surface area contributed by atoms with Crippen LogP contribution in [0.4, 0.5) is 13.2 Å². The molecule has 0 atom stereocenters. The van der Waals surface area contributed by atoms with Gasteiger partial charge in [0.2, 0.25) is 5.56 Å². The van der Waals surface area contributed by atoms with Crippen molar-refractivity contribution in [3.8, 4) is 11.1 Å². The lowest BCUT2D eigenvalue weighted by atomic mass is 10.0. The number of aliphatic hydroxyl groups excluding tert-OH is 1. The molecule has 2 rings (SSSR count). The van der Waals surface area contributed by atoms with Gasteiger partial charge in [-0.25, -0.2) is 0 Å². The zero-order valence-corrected chi connectivity index (χ0v) is 9.66. The first kappa shape index (κ1) is 13.4. The maximum absolute atomic E-state index is 12.4. The highest BCUT2D eigenvalue weighted by Gasteiger charge is 2.30. The van der Waals surface area contributed by atoms with E-state index in [4.69, 9.17) is 5.11 Å². The summed E-state index contributed by atoms with van der Waals surface area (Å²) in [4.78, 5) is 13.5. The number of aromatic amines is 1. The van der Waals surface area contributed by atoms with Crippen LogP contribution in [0.3, 0.4) is 0 Å². The molecule has 19 heavy (non-hydrogen) atoms. The molecule has 0 saturated carbocycles. The second-order valence-electron chi connectivity index (χ2n) is 3.97. The van der Waals surface area contributed by atoms with Crippen LogP contribution in [0.15, 0.2) is 41.3 Å². The van der Waals surface area contributed by atoms with Gasteiger partial charge in [-0.3, -0.25) is 4.79 Å². The van der Waals surface area contributed by atoms with Crippen molar-refractivity contribution < 1.29 is 18.3 Å². The van der Waals surface area contributed by atoms with Crippen molar-refractivity contribution in [2.45, 2.75) is 12.8 Å². The summed E-state index contributed by atoms with van der Waals surface area (Å²) >= 11 is 0. The Morgan fingerprint density at radius 1 is 1.16 bits per heavy atom. The molecule has 0 fully saturated rings. The van der Waals surface area contributed by atoms with Gasteiger partial charge in [0.15, 0.2) is 0 Å². The molecule has 0 amide bonds. The molecule has 2 N–H and O–H groups in total. The highest BCUT2D eigenvalue weighted by atomic mass is 19.4. The molecule has 2 aromatic rings. The molecule has 0 radical (unpaired) electrons. The lowest BCUT2D eigenvalue weighted by molar-refractivity contribution is -0.137. The minimum atomic E-state index is -4.39. The molecule has 0 spiro atoms. The molecule has 1 heterocycles. The Morgan fingerprint density at radius 3 is 2.32 bits per heavy atom. The third-order valence-corrected chi connectivity index (χ3v) is 2.70. The first-order valence-corrected chi connectivity index (χ1v) is 5.42. The Balaban J connectivity index is 2.46. The number of benzene rings is 1. The number of hydrogen-bond acceptors (Lipinski definition) is 2. The van der Waals surface area contributed by atoms with Gasteiger partial charge in [-0.05, 0) is 23.3 Å². The van der Waals surface area contributed by atoms with Gasteiger partial charge in [0.05, 0.1) is 12.2 Å². The average Bonchev–Trinajstić information content (AvgIpc) is 2.37. The number of rotatable bonds is 2. The number of nitrogens with one attached hydrogen (secondary N) is 1. The van der Waals surface area contributed by atoms with Crippen molar-refractivity contribution in [1.29, 1.82) is 0 Å². The van der Waals surface area contributed by atoms with Crippen molar-refractivity contribution >= 4 is 0 Å². The van der Waals surface area contributed by atoms with E-state index in [1.807, 2.05) is 0 Å². The number of halogens is 3. The molecule has 0 aliphatic rings. The largest absolute Gasteiger partial charge is 0.416 e. The van der Waals surface area contributed by atoms with Crippen LogP contribution in [0, 0.1) is 0 Å². The van der Waals surface area contributed by atoms with Gasteiger partial charge in [-0.15, -0.1) is 0 Å². The van der Waals surface area contributed by atoms with E-state index >= 15 is 0 Å². The third-order valence-electron chi connectivity index (χ3n) is 2.70. The Bertz CT molecular complexity index is 630. The molecule has 6 heteroatoms. The second kappa shape index (κ2) is 4.89. The summed E-state index contributed by atoms with van der Waals surface area (Å²) in [6.45, 7) is -0.361. The van der Waals surface area contributed by atoms with Crippen LogP contribution in [0.25, 0.3) is 11.1 Å². The van der Waals surface area contributed by atoms with Crippen molar-refractivity contribution in [3.63, 3.8) is 0 Å². The lowest BCUT2D eigenvalue weighted by Gasteiger charge is -2.09. The maximum Gasteiger partial charge on any atom is 0.416 e. The molecular formula is C13H10F3NO2. The predicted molar refractivity (Wildman–Crippen MR) is 63.4 cm³/mol. The van der Waals surface area contributed by atoms with Gasteiger partial charge < -0.3 is 10.1 Å². The van der Waals surface area contributed by atoms with Gasteiger partial charge in [0.25, 0.3) is 0 Å². The summed E-state index contributed by atoms with van der Waals surface area (Å²) in [6, 6.07) is 5.74. The van der Waals surface area contributed by atoms with Crippen molar-refractivity contribution in [2.24, 2.45) is 0 Å². The molecule has 1 aromatic heterocycles. The SMILES string of the molecule is O=c1cc(CO)c(-c2ccc(C(F)(F)F)cc2)c[nH]1. The summed E-state index contributed by atoms with van der Waals surface area (Å²) < 4.78 is 37.3. The number of alkyl halides is 3. The van der Waals surface area contributed by atoms with Crippen LogP contribution in [0.5, 0.6) is 0 Å². The van der Waals surface area contributed by atoms with Crippen molar-refractivity contribution in [3.05, 3.63) is 58.0 Å². The number of aromatic nitrogens is 1. The topological polar surface area (TPSA) is 53.1 Å². The quantitative estimate of drug-likeness (QED) is 0.880. The highest BCUT2D eigenvalue weighted by molar-refractivity contribution is 5.66. The number of pyridine rings is 1. The molecule has 0 unspecified atom stereocenters. The molecule has 3 nitrogen and oxygen atoms in total. The monoisotopic (exact) mass is 269 g/mol. The fraction of sp³-hybridized carbons (Fsp3) is 0.154. The fourth-order valence-electron chi connectivity index (χ4n) is 1.75. The summed E-state index contributed by atoms with van der Waals surface area (Å²) in [5.41, 5.74) is 0.235. The van der Waals surface area contributed by atoms with E-state index in [9.17, 15) is 18.0 Å². The lowest BCUT2D eigenvalue weighted by Crippen LogP contribution is -2.07. The van der Waals surface area contributed by atoms with Gasteiger partial charge in [-0.2, -0.15) is 13.2 Å². The Morgan fingerprint density at radius 2 is 1.79 bits per heavy atom. The van der Waals surface area contributed by atoms with Crippen molar-refractivity contribution in [1.82, 2.24) is 4.98 Å². The first-order chi connectivity index (χ1) is 8.91. The summed E-state index contributed by atoms with van der Waals surface area (Å²) in [6.07, 6.45) is -3.01. The van der Waals surface area contributed by atoms with Crippen LogP contribution >= 0.6 is 0 Å². The van der Waals surface area contributed by atoms with E-state index in [0.717, 1.165) is 12.1 Å². The average molecular weight is 269 g/mol. The zero-order valence-electron chi connectivity index (χ0n) is 9.66. The van der Waals surface area contributed by atoms with E-state index in [1.54, 1.807) is 0 Å². The molecule has 0 aliphatic heterocycles. The Kier molecular flexibility index (Phi) is 3.44. The normalized spacial score (nSPS) is 11.6. The van der Waals surface area contributed by atoms with Crippen LogP contribution in [0.1, 0.15) is 11.1 Å². The standard InChI is InChI=1S/C13H10F3NO2/c14-13(15,16)10-3-1-8(2-4-10)11-6-17-12(19)5-9(11)7-18/h1-6,18H,7H2,(H,17,19). The van der Waals surface area contributed by atoms with E-state index in [0.29, 0.717) is 16.7 Å². The van der Waals surface area contributed by atoms with E-state index in [2.05, 4.69) is 4.98 Å². The van der Waals surface area contributed by atoms with Gasteiger partial charge in [-0.1, -0.05) is 12.1 Å². The van der Waals surface area contributed by atoms with Gasteiger partial charge >= 0.3 is 6.18 Å². The van der Waals surface area contributed by atoms with Crippen LogP contribution < -0.4 is 5.56 Å². The van der Waals surface area contributed by atoms with E-state index in [-0.39, 0.29) is 12.2 Å². The minimum absolute atomic E-state index is 0.361. The van der Waals surface area contributed by atoms with Crippen LogP contribution in [-0.2, 0) is 12.8 Å². The fourth-order valence-corrected chi connectivity index (χ4v) is 1.75. The second-order valence-corrected chi connectivity index (χ2v) is 3.97. The number of H-pyrrole nitrogens is 1. The number of aliphatic hydroxyl groups is 1. The van der Waals surface area contributed by atoms with Gasteiger partial charge in [0.1, 0.15) is 0 Å². The molecule has 0 aliphatic carbocycles. The highest BCUT2D eigenvalue weighted by Crippen LogP contribution is 2.31. The Labute approximate surface area is 106 Å². The van der Waals surface area contributed by atoms with Gasteiger partial charge in [0, 0.05) is 17.8 Å². The summed E-state index contributed by atoms with van der Waals surface area (Å²) in [7, 11) is 0. The van der Waals surface area contributed by atoms with E-state index < -0.39 is 11.7 Å². The zero-order chi connectivity index (χ0) is 14.0. The summed E-state index contributed by atoms with van der Waals surface area (Å²) in [5, 5.41) is 9.16. The van der Waals surface area contributed by atoms with Crippen molar-refractivity contribution in [2.75, 3.05) is 0 Å². The molecule has 100 valence electrons. The number of hydrogen-bond donors (Lipinski definition) is 2. The summed E-state index contributed by atoms with van der Waals surface area (Å²) in [5.74, 6) is 0. The smallest absolute Gasteiger partial charge is 0.392 e. The Hall–Kier alpha value is -2.08. The van der Waals surface area contributed by atoms with Crippen LogP contribution in [0.2, 0.25) is 0 Å². The maximum atomic E-state index is 12.4. The molecule has 0 bridgehead atoms. The molecular weight excluding hydrogens is 259 g/mol. The van der Waals surface area contributed by atoms with Crippen LogP contribution in [-0.4, -0.2) is 10.1 Å².